The summed E-state index contributed by atoms with van der Waals surface area (Å²) in [5.41, 5.74) is 2.27. The lowest BCUT2D eigenvalue weighted by Gasteiger charge is -2.18. The minimum absolute atomic E-state index is 0. The molecule has 1 aromatic heterocycles. The smallest absolute Gasteiger partial charge is 0.191 e. The molecule has 0 saturated carbocycles. The Hall–Kier alpha value is -0.830. The summed E-state index contributed by atoms with van der Waals surface area (Å²) in [5.74, 6) is 1.26. The van der Waals surface area contributed by atoms with Crippen LogP contribution in [0.4, 0.5) is 0 Å². The Labute approximate surface area is 157 Å². The van der Waals surface area contributed by atoms with Crippen molar-refractivity contribution in [1.82, 2.24) is 20.4 Å². The Morgan fingerprint density at radius 1 is 1.39 bits per heavy atom. The van der Waals surface area contributed by atoms with E-state index in [2.05, 4.69) is 59.2 Å². The number of aryl methyl sites for hydroxylation is 2. The van der Waals surface area contributed by atoms with E-state index < -0.39 is 0 Å². The molecule has 0 aliphatic carbocycles. The molecule has 0 radical (unpaired) electrons. The Kier molecular flexibility index (Phi) is 11.2. The molecule has 0 aliphatic heterocycles. The van der Waals surface area contributed by atoms with Crippen molar-refractivity contribution in [3.05, 3.63) is 17.5 Å². The average Bonchev–Trinajstić information content (AvgIpc) is 2.74. The maximum atomic E-state index is 5.15. The van der Waals surface area contributed by atoms with E-state index in [-0.39, 0.29) is 30.0 Å². The molecule has 0 bridgehead atoms. The van der Waals surface area contributed by atoms with E-state index in [4.69, 9.17) is 4.74 Å². The van der Waals surface area contributed by atoms with E-state index in [1.165, 1.54) is 5.69 Å². The molecule has 2 N–H and O–H groups in total. The van der Waals surface area contributed by atoms with Gasteiger partial charge in [-0.1, -0.05) is 6.92 Å². The SMILES string of the molecule is CCNC(=NCC(C)Cn1nc(C)cc1C)NC(C)COC.I. The van der Waals surface area contributed by atoms with Crippen LogP contribution in [0.15, 0.2) is 11.1 Å². The number of nitrogens with zero attached hydrogens (tertiary/aromatic N) is 3. The van der Waals surface area contributed by atoms with Gasteiger partial charge in [-0.3, -0.25) is 9.67 Å². The fourth-order valence-corrected chi connectivity index (χ4v) is 2.30. The van der Waals surface area contributed by atoms with E-state index in [1.807, 2.05) is 6.92 Å². The second-order valence-corrected chi connectivity index (χ2v) is 5.93. The molecule has 0 aliphatic rings. The lowest BCUT2D eigenvalue weighted by molar-refractivity contribution is 0.179. The number of methoxy groups -OCH3 is 1. The summed E-state index contributed by atoms with van der Waals surface area (Å²) in [5, 5.41) is 11.1. The van der Waals surface area contributed by atoms with Crippen molar-refractivity contribution >= 4 is 29.9 Å². The lowest BCUT2D eigenvalue weighted by Crippen LogP contribution is -2.44. The van der Waals surface area contributed by atoms with Gasteiger partial charge in [-0.15, -0.1) is 24.0 Å². The third-order valence-electron chi connectivity index (χ3n) is 3.29. The first-order chi connectivity index (χ1) is 10.5. The monoisotopic (exact) mass is 437 g/mol. The summed E-state index contributed by atoms with van der Waals surface area (Å²) in [4.78, 5) is 4.67. The Morgan fingerprint density at radius 3 is 2.61 bits per heavy atom. The molecule has 0 amide bonds. The van der Waals surface area contributed by atoms with Gasteiger partial charge < -0.3 is 15.4 Å². The summed E-state index contributed by atoms with van der Waals surface area (Å²) in [7, 11) is 1.71. The van der Waals surface area contributed by atoms with Gasteiger partial charge in [0, 0.05) is 38.5 Å². The molecule has 1 aromatic rings. The number of rotatable bonds is 8. The molecule has 0 fully saturated rings. The van der Waals surface area contributed by atoms with Gasteiger partial charge in [-0.2, -0.15) is 5.10 Å². The fraction of sp³-hybridized carbons (Fsp3) is 0.750. The van der Waals surface area contributed by atoms with Crippen molar-refractivity contribution in [3.8, 4) is 0 Å². The number of hydrogen-bond acceptors (Lipinski definition) is 3. The second kappa shape index (κ2) is 11.7. The van der Waals surface area contributed by atoms with Crippen molar-refractivity contribution in [2.75, 3.05) is 26.8 Å². The van der Waals surface area contributed by atoms with Crippen LogP contribution in [0.25, 0.3) is 0 Å². The average molecular weight is 437 g/mol. The number of nitrogens with one attached hydrogen (secondary N) is 2. The third kappa shape index (κ3) is 8.55. The quantitative estimate of drug-likeness (QED) is 0.373. The number of aliphatic imine (C=N–C) groups is 1. The fourth-order valence-electron chi connectivity index (χ4n) is 2.30. The van der Waals surface area contributed by atoms with Gasteiger partial charge in [0.25, 0.3) is 0 Å². The van der Waals surface area contributed by atoms with E-state index in [0.717, 1.165) is 31.3 Å². The van der Waals surface area contributed by atoms with E-state index in [9.17, 15) is 0 Å². The van der Waals surface area contributed by atoms with Crippen LogP contribution in [0.2, 0.25) is 0 Å². The highest BCUT2D eigenvalue weighted by molar-refractivity contribution is 14.0. The molecule has 23 heavy (non-hydrogen) atoms. The maximum absolute atomic E-state index is 5.15. The Bertz CT molecular complexity index is 475. The molecule has 1 heterocycles. The zero-order chi connectivity index (χ0) is 16.5. The number of ether oxygens (including phenoxy) is 1. The Balaban J connectivity index is 0.00000484. The van der Waals surface area contributed by atoms with Crippen LogP contribution < -0.4 is 10.6 Å². The summed E-state index contributed by atoms with van der Waals surface area (Å²) < 4.78 is 7.20. The molecular formula is C16H32IN5O. The minimum Gasteiger partial charge on any atom is -0.383 e. The van der Waals surface area contributed by atoms with Crippen molar-refractivity contribution in [2.24, 2.45) is 10.9 Å². The number of halogens is 1. The topological polar surface area (TPSA) is 63.5 Å². The Morgan fingerprint density at radius 2 is 2.09 bits per heavy atom. The van der Waals surface area contributed by atoms with Crippen molar-refractivity contribution in [2.45, 2.75) is 47.2 Å². The van der Waals surface area contributed by atoms with Gasteiger partial charge in [-0.05, 0) is 39.7 Å². The summed E-state index contributed by atoms with van der Waals surface area (Å²) in [6, 6.07) is 2.34. The molecule has 2 atom stereocenters. The van der Waals surface area contributed by atoms with Gasteiger partial charge in [-0.25, -0.2) is 0 Å². The predicted octanol–water partition coefficient (Wildman–Crippen LogP) is 2.34. The van der Waals surface area contributed by atoms with Crippen LogP contribution in [0.3, 0.4) is 0 Å². The van der Waals surface area contributed by atoms with E-state index in [1.54, 1.807) is 7.11 Å². The summed E-state index contributed by atoms with van der Waals surface area (Å²) in [6.45, 7) is 13.6. The number of hydrogen-bond donors (Lipinski definition) is 2. The predicted molar refractivity (Wildman–Crippen MR) is 107 cm³/mol. The van der Waals surface area contributed by atoms with Crippen molar-refractivity contribution in [3.63, 3.8) is 0 Å². The largest absolute Gasteiger partial charge is 0.383 e. The first-order valence-electron chi connectivity index (χ1n) is 8.01. The summed E-state index contributed by atoms with van der Waals surface area (Å²) >= 11 is 0. The standard InChI is InChI=1S/C16H31N5O.HI/c1-7-17-16(19-14(4)11-22-6)18-9-12(2)10-21-15(5)8-13(3)20-21;/h8,12,14H,7,9-11H2,1-6H3,(H2,17,18,19);1H. The number of guanidine groups is 1. The molecule has 6 nitrogen and oxygen atoms in total. The molecule has 2 unspecified atom stereocenters. The van der Waals surface area contributed by atoms with Gasteiger partial charge >= 0.3 is 0 Å². The first kappa shape index (κ1) is 22.2. The molecule has 0 aromatic carbocycles. The molecule has 1 rings (SSSR count). The van der Waals surface area contributed by atoms with Crippen LogP contribution in [0.5, 0.6) is 0 Å². The highest BCUT2D eigenvalue weighted by Gasteiger charge is 2.08. The highest BCUT2D eigenvalue weighted by atomic mass is 127. The zero-order valence-electron chi connectivity index (χ0n) is 15.2. The van der Waals surface area contributed by atoms with Crippen molar-refractivity contribution < 1.29 is 4.74 Å². The van der Waals surface area contributed by atoms with Crippen LogP contribution in [-0.2, 0) is 11.3 Å². The van der Waals surface area contributed by atoms with Crippen LogP contribution in [-0.4, -0.2) is 48.6 Å². The van der Waals surface area contributed by atoms with Gasteiger partial charge in [0.05, 0.1) is 12.3 Å². The van der Waals surface area contributed by atoms with Crippen molar-refractivity contribution in [1.29, 1.82) is 0 Å². The molecule has 0 spiro atoms. The lowest BCUT2D eigenvalue weighted by atomic mass is 10.2. The zero-order valence-corrected chi connectivity index (χ0v) is 17.5. The molecule has 7 heteroatoms. The first-order valence-corrected chi connectivity index (χ1v) is 8.01. The van der Waals surface area contributed by atoms with Crippen LogP contribution in [0, 0.1) is 19.8 Å². The second-order valence-electron chi connectivity index (χ2n) is 5.93. The normalized spacial score (nSPS) is 14.1. The molecule has 0 saturated heterocycles. The van der Waals surface area contributed by atoms with Crippen LogP contribution in [0.1, 0.15) is 32.2 Å². The highest BCUT2D eigenvalue weighted by Crippen LogP contribution is 2.06. The van der Waals surface area contributed by atoms with Gasteiger partial charge in [0.1, 0.15) is 0 Å². The third-order valence-corrected chi connectivity index (χ3v) is 3.29. The minimum atomic E-state index is 0. The van der Waals surface area contributed by atoms with Gasteiger partial charge in [0.15, 0.2) is 5.96 Å². The molecule has 134 valence electrons. The molecular weight excluding hydrogens is 405 g/mol. The summed E-state index contributed by atoms with van der Waals surface area (Å²) in [6.07, 6.45) is 0. The number of aromatic nitrogens is 2. The van der Waals surface area contributed by atoms with Gasteiger partial charge in [0.2, 0.25) is 0 Å². The van der Waals surface area contributed by atoms with Crippen LogP contribution >= 0.6 is 24.0 Å². The van der Waals surface area contributed by atoms with E-state index >= 15 is 0 Å². The maximum Gasteiger partial charge on any atom is 0.191 e. The van der Waals surface area contributed by atoms with E-state index in [0.29, 0.717) is 12.5 Å².